The summed E-state index contributed by atoms with van der Waals surface area (Å²) in [4.78, 5) is 27.7. The van der Waals surface area contributed by atoms with Crippen LogP contribution in [-0.4, -0.2) is 33.7 Å². The Bertz CT molecular complexity index is 678. The average Bonchev–Trinajstić information content (AvgIpc) is 3.08. The monoisotopic (exact) mass is 336 g/mol. The molecule has 1 amide bonds. The van der Waals surface area contributed by atoms with Gasteiger partial charge in [-0.15, -0.1) is 11.3 Å². The number of nitrogens with zero attached hydrogens (tertiary/aromatic N) is 2. The number of ether oxygens (including phenoxy) is 1. The van der Waals surface area contributed by atoms with Crippen molar-refractivity contribution >= 4 is 28.3 Å². The fraction of sp³-hybridized carbons (Fsp3) is 0.467. The number of hydrogen-bond donors (Lipinski definition) is 2. The number of amides is 1. The van der Waals surface area contributed by atoms with E-state index in [0.29, 0.717) is 29.0 Å². The number of anilines is 1. The second kappa shape index (κ2) is 7.87. The number of aromatic amines is 1. The first-order valence-corrected chi connectivity index (χ1v) is 8.31. The molecule has 23 heavy (non-hydrogen) atoms. The summed E-state index contributed by atoms with van der Waals surface area (Å²) >= 11 is 1.26. The van der Waals surface area contributed by atoms with Crippen LogP contribution in [0, 0.1) is 5.92 Å². The van der Waals surface area contributed by atoms with E-state index in [-0.39, 0.29) is 18.3 Å². The van der Waals surface area contributed by atoms with Crippen molar-refractivity contribution < 1.29 is 14.3 Å². The predicted molar refractivity (Wildman–Crippen MR) is 87.5 cm³/mol. The van der Waals surface area contributed by atoms with Crippen molar-refractivity contribution in [3.8, 4) is 0 Å². The van der Waals surface area contributed by atoms with Crippen molar-refractivity contribution in [1.29, 1.82) is 0 Å². The zero-order chi connectivity index (χ0) is 16.8. The minimum Gasteiger partial charge on any atom is -0.466 e. The number of esters is 1. The maximum absolute atomic E-state index is 12.1. The minimum atomic E-state index is -0.332. The van der Waals surface area contributed by atoms with Crippen LogP contribution < -0.4 is 5.32 Å². The number of hydrogen-bond acceptors (Lipinski definition) is 6. The van der Waals surface area contributed by atoms with E-state index in [1.807, 2.05) is 0 Å². The lowest BCUT2D eigenvalue weighted by Crippen LogP contribution is -2.12. The van der Waals surface area contributed by atoms with Crippen LogP contribution in [0.3, 0.4) is 0 Å². The van der Waals surface area contributed by atoms with E-state index in [2.05, 4.69) is 34.3 Å². The van der Waals surface area contributed by atoms with Gasteiger partial charge < -0.3 is 4.74 Å². The Morgan fingerprint density at radius 3 is 2.91 bits per heavy atom. The van der Waals surface area contributed by atoms with Gasteiger partial charge in [-0.05, 0) is 25.3 Å². The maximum Gasteiger partial charge on any atom is 0.311 e. The van der Waals surface area contributed by atoms with Crippen molar-refractivity contribution in [2.45, 2.75) is 33.6 Å². The molecule has 0 spiro atoms. The van der Waals surface area contributed by atoms with E-state index in [9.17, 15) is 9.59 Å². The van der Waals surface area contributed by atoms with Gasteiger partial charge in [0.25, 0.3) is 5.91 Å². The molecule has 2 aromatic heterocycles. The summed E-state index contributed by atoms with van der Waals surface area (Å²) in [5, 5.41) is 11.7. The summed E-state index contributed by atoms with van der Waals surface area (Å²) in [5.41, 5.74) is 1.82. The summed E-state index contributed by atoms with van der Waals surface area (Å²) < 4.78 is 4.86. The summed E-state index contributed by atoms with van der Waals surface area (Å²) in [6, 6.07) is 1.74. The number of aromatic nitrogens is 3. The number of rotatable bonds is 7. The normalized spacial score (nSPS) is 10.8. The fourth-order valence-electron chi connectivity index (χ4n) is 1.99. The molecular formula is C15H20N4O3S. The van der Waals surface area contributed by atoms with Gasteiger partial charge in [0.05, 0.1) is 18.7 Å². The molecule has 0 radical (unpaired) electrons. The largest absolute Gasteiger partial charge is 0.466 e. The molecule has 124 valence electrons. The number of nitrogens with one attached hydrogen (secondary N) is 2. The van der Waals surface area contributed by atoms with Crippen LogP contribution >= 0.6 is 11.3 Å². The van der Waals surface area contributed by atoms with E-state index >= 15 is 0 Å². The van der Waals surface area contributed by atoms with E-state index in [0.717, 1.165) is 12.1 Å². The van der Waals surface area contributed by atoms with Gasteiger partial charge in [-0.2, -0.15) is 5.10 Å². The quantitative estimate of drug-likeness (QED) is 0.757. The number of H-pyrrole nitrogens is 1. The molecular weight excluding hydrogens is 316 g/mol. The van der Waals surface area contributed by atoms with Crippen molar-refractivity contribution in [2.24, 2.45) is 5.92 Å². The van der Waals surface area contributed by atoms with Crippen molar-refractivity contribution in [2.75, 3.05) is 11.9 Å². The van der Waals surface area contributed by atoms with Crippen LogP contribution in [0.5, 0.6) is 0 Å². The molecule has 0 aliphatic heterocycles. The standard InChI is InChI=1S/C15H20N4O3S/c1-4-22-13(20)7-11-8-23-15(16-11)17-14(21)12-6-10(18-19-12)5-9(2)3/h6,8-9H,4-5,7H2,1-3H3,(H,18,19)(H,16,17,21). The Morgan fingerprint density at radius 1 is 1.43 bits per heavy atom. The van der Waals surface area contributed by atoms with Crippen LogP contribution in [0.25, 0.3) is 0 Å². The van der Waals surface area contributed by atoms with Crippen LogP contribution in [0.4, 0.5) is 5.13 Å². The molecule has 8 heteroatoms. The Kier molecular flexibility index (Phi) is 5.86. The highest BCUT2D eigenvalue weighted by molar-refractivity contribution is 7.14. The van der Waals surface area contributed by atoms with Crippen LogP contribution in [0.15, 0.2) is 11.4 Å². The van der Waals surface area contributed by atoms with Gasteiger partial charge in [-0.1, -0.05) is 13.8 Å². The minimum absolute atomic E-state index is 0.0984. The molecule has 2 heterocycles. The molecule has 0 fully saturated rings. The van der Waals surface area contributed by atoms with Gasteiger partial charge in [-0.3, -0.25) is 20.0 Å². The topological polar surface area (TPSA) is 97.0 Å². The van der Waals surface area contributed by atoms with E-state index in [1.54, 1.807) is 18.4 Å². The van der Waals surface area contributed by atoms with Crippen LogP contribution in [0.2, 0.25) is 0 Å². The molecule has 0 unspecified atom stereocenters. The number of carbonyl (C=O) groups excluding carboxylic acids is 2. The summed E-state index contributed by atoms with van der Waals surface area (Å²) in [5.74, 6) is -0.176. The third kappa shape index (κ3) is 5.17. The molecule has 7 nitrogen and oxygen atoms in total. The van der Waals surface area contributed by atoms with Gasteiger partial charge in [0.1, 0.15) is 0 Å². The van der Waals surface area contributed by atoms with Gasteiger partial charge in [-0.25, -0.2) is 4.98 Å². The molecule has 2 rings (SSSR count). The van der Waals surface area contributed by atoms with Crippen LogP contribution in [0.1, 0.15) is 42.6 Å². The van der Waals surface area contributed by atoms with E-state index in [1.165, 1.54) is 11.3 Å². The molecule has 0 aliphatic rings. The summed E-state index contributed by atoms with van der Waals surface area (Å²) in [7, 11) is 0. The van der Waals surface area contributed by atoms with Gasteiger partial charge >= 0.3 is 5.97 Å². The smallest absolute Gasteiger partial charge is 0.311 e. The average molecular weight is 336 g/mol. The summed E-state index contributed by atoms with van der Waals surface area (Å²) in [6.07, 6.45) is 0.933. The Hall–Kier alpha value is -2.22. The fourth-order valence-corrected chi connectivity index (χ4v) is 2.69. The Labute approximate surface area is 138 Å². The maximum atomic E-state index is 12.1. The molecule has 0 saturated heterocycles. The van der Waals surface area contributed by atoms with Crippen LogP contribution in [-0.2, 0) is 22.4 Å². The lowest BCUT2D eigenvalue weighted by molar-refractivity contribution is -0.142. The third-order valence-corrected chi connectivity index (χ3v) is 3.70. The highest BCUT2D eigenvalue weighted by Gasteiger charge is 2.14. The molecule has 0 bridgehead atoms. The molecule has 2 aromatic rings. The second-order valence-corrected chi connectivity index (χ2v) is 6.31. The summed E-state index contributed by atoms with van der Waals surface area (Å²) in [6.45, 7) is 6.29. The van der Waals surface area contributed by atoms with E-state index < -0.39 is 0 Å². The Balaban J connectivity index is 1.94. The molecule has 0 saturated carbocycles. The second-order valence-electron chi connectivity index (χ2n) is 5.46. The highest BCUT2D eigenvalue weighted by Crippen LogP contribution is 2.17. The first-order valence-electron chi connectivity index (χ1n) is 7.43. The number of thiazole rings is 1. The molecule has 0 atom stereocenters. The highest BCUT2D eigenvalue weighted by atomic mass is 32.1. The van der Waals surface area contributed by atoms with Crippen molar-refractivity contribution in [3.63, 3.8) is 0 Å². The van der Waals surface area contributed by atoms with Gasteiger partial charge in [0.2, 0.25) is 0 Å². The first-order chi connectivity index (χ1) is 11.0. The predicted octanol–water partition coefficient (Wildman–Crippen LogP) is 2.42. The zero-order valence-corrected chi connectivity index (χ0v) is 14.2. The molecule has 2 N–H and O–H groups in total. The van der Waals surface area contributed by atoms with Crippen molar-refractivity contribution in [3.05, 3.63) is 28.5 Å². The van der Waals surface area contributed by atoms with Gasteiger partial charge in [0, 0.05) is 11.1 Å². The molecule has 0 aliphatic carbocycles. The van der Waals surface area contributed by atoms with Gasteiger partial charge in [0.15, 0.2) is 10.8 Å². The van der Waals surface area contributed by atoms with E-state index in [4.69, 9.17) is 4.74 Å². The first kappa shape index (κ1) is 17.1. The molecule has 0 aromatic carbocycles. The lowest BCUT2D eigenvalue weighted by Gasteiger charge is -1.99. The lowest BCUT2D eigenvalue weighted by atomic mass is 10.1. The third-order valence-electron chi connectivity index (χ3n) is 2.89. The SMILES string of the molecule is CCOC(=O)Cc1csc(NC(=O)c2cc(CC(C)C)[nH]n2)n1. The number of carbonyl (C=O) groups is 2. The zero-order valence-electron chi connectivity index (χ0n) is 13.4. The Morgan fingerprint density at radius 2 is 2.22 bits per heavy atom. The van der Waals surface area contributed by atoms with Crippen molar-refractivity contribution in [1.82, 2.24) is 15.2 Å².